The van der Waals surface area contributed by atoms with Crippen molar-refractivity contribution in [3.8, 4) is 5.88 Å². The topological polar surface area (TPSA) is 65.3 Å². The number of anilines is 1. The molecule has 1 aliphatic heterocycles. The van der Waals surface area contributed by atoms with Gasteiger partial charge >= 0.3 is 0 Å². The van der Waals surface area contributed by atoms with Crippen molar-refractivity contribution < 1.29 is 9.47 Å². The van der Waals surface area contributed by atoms with Gasteiger partial charge < -0.3 is 14.4 Å². The van der Waals surface area contributed by atoms with Crippen LogP contribution in [0, 0.1) is 0 Å². The highest BCUT2D eigenvalue weighted by molar-refractivity contribution is 5.42. The van der Waals surface area contributed by atoms with E-state index in [1.165, 1.54) is 6.33 Å². The summed E-state index contributed by atoms with van der Waals surface area (Å²) < 4.78 is 13.3. The zero-order chi connectivity index (χ0) is 15.6. The van der Waals surface area contributed by atoms with Crippen LogP contribution in [0.1, 0.15) is 19.4 Å². The number of morpholine rings is 1. The van der Waals surface area contributed by atoms with E-state index in [1.54, 1.807) is 4.68 Å². The number of nitrogens with zero attached hydrogens (tertiary/aromatic N) is 5. The minimum atomic E-state index is -0.400. The molecule has 118 valence electrons. The summed E-state index contributed by atoms with van der Waals surface area (Å²) in [5, 5.41) is 4.25. The second-order valence-electron chi connectivity index (χ2n) is 5.55. The van der Waals surface area contributed by atoms with Crippen molar-refractivity contribution in [2.45, 2.75) is 19.4 Å². The highest BCUT2D eigenvalue weighted by Crippen LogP contribution is 2.31. The van der Waals surface area contributed by atoms with Crippen LogP contribution >= 0.6 is 0 Å². The molecule has 3 rings (SSSR count). The quantitative estimate of drug-likeness (QED) is 0.850. The van der Waals surface area contributed by atoms with Crippen LogP contribution in [0.25, 0.3) is 0 Å². The summed E-state index contributed by atoms with van der Waals surface area (Å²) >= 11 is 0. The molecule has 0 spiro atoms. The van der Waals surface area contributed by atoms with E-state index in [0.717, 1.165) is 17.9 Å². The van der Waals surface area contributed by atoms with E-state index in [2.05, 4.69) is 26.9 Å². The fourth-order valence-corrected chi connectivity index (χ4v) is 2.66. The summed E-state index contributed by atoms with van der Waals surface area (Å²) in [6.07, 6.45) is 5.39. The molecule has 2 aromatic heterocycles. The van der Waals surface area contributed by atoms with Gasteiger partial charge in [-0.2, -0.15) is 5.10 Å². The Kier molecular flexibility index (Phi) is 3.98. The van der Waals surface area contributed by atoms with Gasteiger partial charge in [0, 0.05) is 31.4 Å². The SMILES string of the molecule is CCOc1cc(N2CCO[C@@](C)(c3cnn(C)c3)C2)ncn1. The van der Waals surface area contributed by atoms with Crippen molar-refractivity contribution in [3.63, 3.8) is 0 Å². The first kappa shape index (κ1) is 14.8. The number of rotatable bonds is 4. The number of aromatic nitrogens is 4. The fraction of sp³-hybridized carbons (Fsp3) is 0.533. The lowest BCUT2D eigenvalue weighted by Crippen LogP contribution is -2.48. The van der Waals surface area contributed by atoms with Gasteiger partial charge in [-0.1, -0.05) is 0 Å². The lowest BCUT2D eigenvalue weighted by atomic mass is 9.97. The zero-order valence-electron chi connectivity index (χ0n) is 13.2. The number of hydrogen-bond acceptors (Lipinski definition) is 6. The molecule has 0 unspecified atom stereocenters. The predicted octanol–water partition coefficient (Wildman–Crippen LogP) is 1.36. The number of hydrogen-bond donors (Lipinski definition) is 0. The summed E-state index contributed by atoms with van der Waals surface area (Å²) in [5.41, 5.74) is 0.669. The molecule has 1 atom stereocenters. The molecule has 0 N–H and O–H groups in total. The van der Waals surface area contributed by atoms with Crippen molar-refractivity contribution in [2.24, 2.45) is 7.05 Å². The third-order valence-electron chi connectivity index (χ3n) is 3.83. The molecule has 7 heteroatoms. The van der Waals surface area contributed by atoms with Crippen molar-refractivity contribution in [3.05, 3.63) is 30.4 Å². The Balaban J connectivity index is 1.82. The van der Waals surface area contributed by atoms with Gasteiger partial charge in [0.15, 0.2) is 0 Å². The van der Waals surface area contributed by atoms with Crippen LogP contribution in [-0.2, 0) is 17.4 Å². The molecular weight excluding hydrogens is 282 g/mol. The maximum Gasteiger partial charge on any atom is 0.218 e. The lowest BCUT2D eigenvalue weighted by Gasteiger charge is -2.40. The molecule has 0 bridgehead atoms. The Morgan fingerprint density at radius 2 is 2.27 bits per heavy atom. The first-order valence-electron chi connectivity index (χ1n) is 7.43. The van der Waals surface area contributed by atoms with Crippen LogP contribution in [0.5, 0.6) is 5.88 Å². The highest BCUT2D eigenvalue weighted by Gasteiger charge is 2.35. The molecule has 1 saturated heterocycles. The van der Waals surface area contributed by atoms with Crippen LogP contribution < -0.4 is 9.64 Å². The molecule has 22 heavy (non-hydrogen) atoms. The molecule has 3 heterocycles. The highest BCUT2D eigenvalue weighted by atomic mass is 16.5. The molecule has 0 aliphatic carbocycles. The van der Waals surface area contributed by atoms with E-state index in [-0.39, 0.29) is 0 Å². The molecular formula is C15H21N5O2. The van der Waals surface area contributed by atoms with Crippen molar-refractivity contribution in [2.75, 3.05) is 31.2 Å². The first-order valence-corrected chi connectivity index (χ1v) is 7.43. The van der Waals surface area contributed by atoms with E-state index in [1.807, 2.05) is 32.4 Å². The van der Waals surface area contributed by atoms with Gasteiger partial charge in [0.05, 0.1) is 26.0 Å². The molecule has 1 aliphatic rings. The molecule has 0 amide bonds. The first-order chi connectivity index (χ1) is 10.6. The summed E-state index contributed by atoms with van der Waals surface area (Å²) in [4.78, 5) is 10.7. The third kappa shape index (κ3) is 2.89. The summed E-state index contributed by atoms with van der Waals surface area (Å²) in [6, 6.07) is 1.87. The number of aryl methyl sites for hydroxylation is 1. The van der Waals surface area contributed by atoms with E-state index < -0.39 is 5.60 Å². The Labute approximate surface area is 129 Å². The fourth-order valence-electron chi connectivity index (χ4n) is 2.66. The van der Waals surface area contributed by atoms with Gasteiger partial charge in [-0.15, -0.1) is 0 Å². The van der Waals surface area contributed by atoms with Crippen LogP contribution in [0.3, 0.4) is 0 Å². The van der Waals surface area contributed by atoms with Gasteiger partial charge in [-0.3, -0.25) is 4.68 Å². The Bertz CT molecular complexity index is 644. The maximum atomic E-state index is 6.02. The summed E-state index contributed by atoms with van der Waals surface area (Å²) in [6.45, 7) is 6.75. The Morgan fingerprint density at radius 3 is 3.00 bits per heavy atom. The smallest absolute Gasteiger partial charge is 0.218 e. The Hall–Kier alpha value is -2.15. The summed E-state index contributed by atoms with van der Waals surface area (Å²) in [5.74, 6) is 1.46. The van der Waals surface area contributed by atoms with Gasteiger partial charge in [0.25, 0.3) is 0 Å². The monoisotopic (exact) mass is 303 g/mol. The van der Waals surface area contributed by atoms with E-state index >= 15 is 0 Å². The standard InChI is InChI=1S/C15H21N5O2/c1-4-21-14-7-13(16-11-17-14)20-5-6-22-15(2,10-20)12-8-18-19(3)9-12/h7-9,11H,4-6,10H2,1-3H3/t15-/m1/s1. The molecule has 0 saturated carbocycles. The molecule has 0 radical (unpaired) electrons. The average molecular weight is 303 g/mol. The summed E-state index contributed by atoms with van der Waals surface area (Å²) in [7, 11) is 1.91. The molecule has 0 aromatic carbocycles. The van der Waals surface area contributed by atoms with Crippen LogP contribution in [0.4, 0.5) is 5.82 Å². The zero-order valence-corrected chi connectivity index (χ0v) is 13.2. The van der Waals surface area contributed by atoms with Crippen LogP contribution in [0.2, 0.25) is 0 Å². The van der Waals surface area contributed by atoms with E-state index in [4.69, 9.17) is 9.47 Å². The van der Waals surface area contributed by atoms with Crippen molar-refractivity contribution in [1.29, 1.82) is 0 Å². The minimum Gasteiger partial charge on any atom is -0.478 e. The molecule has 1 fully saturated rings. The van der Waals surface area contributed by atoms with E-state index in [9.17, 15) is 0 Å². The normalized spacial score (nSPS) is 21.9. The van der Waals surface area contributed by atoms with Gasteiger partial charge in [-0.25, -0.2) is 9.97 Å². The largest absolute Gasteiger partial charge is 0.478 e. The minimum absolute atomic E-state index is 0.400. The average Bonchev–Trinajstić information content (AvgIpc) is 2.95. The maximum absolute atomic E-state index is 6.02. The second kappa shape index (κ2) is 5.92. The van der Waals surface area contributed by atoms with Crippen molar-refractivity contribution in [1.82, 2.24) is 19.7 Å². The van der Waals surface area contributed by atoms with Crippen molar-refractivity contribution >= 4 is 5.82 Å². The van der Waals surface area contributed by atoms with Gasteiger partial charge in [0.2, 0.25) is 5.88 Å². The van der Waals surface area contributed by atoms with Crippen LogP contribution in [-0.4, -0.2) is 46.1 Å². The van der Waals surface area contributed by atoms with Gasteiger partial charge in [0.1, 0.15) is 17.7 Å². The third-order valence-corrected chi connectivity index (χ3v) is 3.83. The lowest BCUT2D eigenvalue weighted by molar-refractivity contribution is -0.0468. The Morgan fingerprint density at radius 1 is 1.41 bits per heavy atom. The number of ether oxygens (including phenoxy) is 2. The van der Waals surface area contributed by atoms with E-state index in [0.29, 0.717) is 25.6 Å². The molecule has 2 aromatic rings. The second-order valence-corrected chi connectivity index (χ2v) is 5.55. The van der Waals surface area contributed by atoms with Crippen LogP contribution in [0.15, 0.2) is 24.8 Å². The predicted molar refractivity (Wildman–Crippen MR) is 81.9 cm³/mol. The van der Waals surface area contributed by atoms with Gasteiger partial charge in [-0.05, 0) is 13.8 Å². The molecule has 7 nitrogen and oxygen atoms in total.